The topological polar surface area (TPSA) is 86.9 Å². The van der Waals surface area contributed by atoms with E-state index in [4.69, 9.17) is 0 Å². The summed E-state index contributed by atoms with van der Waals surface area (Å²) in [5.41, 5.74) is 11.8. The number of rotatable bonds is 8. The molecule has 1 saturated heterocycles. The lowest BCUT2D eigenvalue weighted by Gasteiger charge is -2.36. The largest absolute Gasteiger partial charge is 0.347 e. The number of aryl methyl sites for hydroxylation is 1. The maximum Gasteiger partial charge on any atom is 0.264 e. The molecule has 1 fully saturated rings. The van der Waals surface area contributed by atoms with Gasteiger partial charge in [0.1, 0.15) is 0 Å². The normalized spacial score (nSPS) is 16.9. The highest BCUT2D eigenvalue weighted by Gasteiger charge is 2.33. The van der Waals surface area contributed by atoms with Gasteiger partial charge in [0.25, 0.3) is 11.8 Å². The first-order valence-corrected chi connectivity index (χ1v) is 21.7. The average Bonchev–Trinajstić information content (AvgIpc) is 3.83. The summed E-state index contributed by atoms with van der Waals surface area (Å²) >= 11 is 0. The first kappa shape index (κ1) is 40.2. The van der Waals surface area contributed by atoms with Gasteiger partial charge in [-0.25, -0.2) is 0 Å². The van der Waals surface area contributed by atoms with Crippen molar-refractivity contribution in [1.29, 1.82) is 0 Å². The Bertz CT molecular complexity index is 2620. The maximum atomic E-state index is 15.1. The van der Waals surface area contributed by atoms with E-state index in [9.17, 15) is 9.59 Å². The van der Waals surface area contributed by atoms with E-state index in [1.165, 1.54) is 11.1 Å². The van der Waals surface area contributed by atoms with Crippen LogP contribution in [0.15, 0.2) is 109 Å². The minimum Gasteiger partial charge on any atom is -0.347 e. The van der Waals surface area contributed by atoms with Crippen molar-refractivity contribution in [3.05, 3.63) is 160 Å². The summed E-state index contributed by atoms with van der Waals surface area (Å²) < 4.78 is 3.72. The van der Waals surface area contributed by atoms with Gasteiger partial charge in [0, 0.05) is 74.2 Å². The lowest BCUT2D eigenvalue weighted by molar-refractivity contribution is -0.131. The minimum atomic E-state index is -0.184. The van der Waals surface area contributed by atoms with E-state index >= 15 is 4.79 Å². The molecule has 61 heavy (non-hydrogen) atoms. The number of hydrogen-bond donors (Lipinski definition) is 0. The summed E-state index contributed by atoms with van der Waals surface area (Å²) in [5, 5.41) is 4.38. The van der Waals surface area contributed by atoms with Crippen LogP contribution in [0.3, 0.4) is 0 Å². The summed E-state index contributed by atoms with van der Waals surface area (Å²) in [5.74, 6) is 0.390. The van der Waals surface area contributed by atoms with Crippen LogP contribution in [0.2, 0.25) is 0 Å². The predicted molar refractivity (Wildman–Crippen MR) is 240 cm³/mol. The molecule has 0 spiro atoms. The van der Waals surface area contributed by atoms with E-state index in [1.54, 1.807) is 15.8 Å². The summed E-state index contributed by atoms with van der Waals surface area (Å²) in [6.07, 6.45) is 7.61. The zero-order valence-corrected chi connectivity index (χ0v) is 36.0. The first-order chi connectivity index (χ1) is 29.5. The maximum absolute atomic E-state index is 15.1. The SMILES string of the molecule is Cc1c(C(=O)N(c2ccccc2)c2cnn(C)c2)cc(-c2cc3c(cc2C(=O)N2Cc4ccccc4C[C@H]2C)CN(C(=O)Cc2cccc(C4CCN(C)CC4)c2)CC3)n1C. The van der Waals surface area contributed by atoms with Gasteiger partial charge in [-0.15, -0.1) is 0 Å². The molecular formula is C51H55N7O3. The van der Waals surface area contributed by atoms with Crippen molar-refractivity contribution in [3.63, 3.8) is 0 Å². The van der Waals surface area contributed by atoms with Crippen LogP contribution in [0, 0.1) is 6.92 Å². The molecule has 2 aromatic heterocycles. The van der Waals surface area contributed by atoms with Crippen molar-refractivity contribution in [2.45, 2.75) is 71.0 Å². The molecule has 5 heterocycles. The molecular weight excluding hydrogens is 759 g/mol. The summed E-state index contributed by atoms with van der Waals surface area (Å²) in [6, 6.07) is 32.7. The Morgan fingerprint density at radius 1 is 0.754 bits per heavy atom. The highest BCUT2D eigenvalue weighted by Crippen LogP contribution is 2.37. The summed E-state index contributed by atoms with van der Waals surface area (Å²) in [7, 11) is 5.99. The standard InChI is InChI=1S/C51H55N7O3/c1-34-24-38-13-9-10-14-41(38)32-57(34)50(60)47-28-42-31-56(49(59)26-36-12-11-15-39(25-36)37-18-21-53(3)22-19-37)23-20-40(42)27-46(47)48-29-45(35(2)55(48)5)51(61)58(43-16-7-6-8-17-43)44-30-52-54(4)33-44/h6-17,25,27-30,33-34,37H,18-24,26,31-32H2,1-5H3/t34-/m1/s1. The second-order valence-electron chi connectivity index (χ2n) is 17.4. The second-order valence-corrected chi connectivity index (χ2v) is 17.4. The van der Waals surface area contributed by atoms with Crippen LogP contribution in [-0.2, 0) is 51.2 Å². The van der Waals surface area contributed by atoms with Crippen molar-refractivity contribution >= 4 is 29.1 Å². The number of fused-ring (bicyclic) bond motifs is 2. The van der Waals surface area contributed by atoms with Gasteiger partial charge in [-0.2, -0.15) is 5.10 Å². The van der Waals surface area contributed by atoms with Gasteiger partial charge in [0.15, 0.2) is 0 Å². The van der Waals surface area contributed by atoms with Crippen LogP contribution < -0.4 is 4.90 Å². The second kappa shape index (κ2) is 16.7. The van der Waals surface area contributed by atoms with E-state index in [-0.39, 0.29) is 23.8 Å². The molecule has 4 aromatic carbocycles. The van der Waals surface area contributed by atoms with Crippen molar-refractivity contribution < 1.29 is 14.4 Å². The van der Waals surface area contributed by atoms with Crippen molar-refractivity contribution in [1.82, 2.24) is 29.0 Å². The average molecular weight is 814 g/mol. The lowest BCUT2D eigenvalue weighted by Crippen LogP contribution is -2.43. The number of anilines is 2. The Balaban J connectivity index is 1.06. The number of likely N-dealkylation sites (tertiary alicyclic amines) is 1. The Hall–Kier alpha value is -6.26. The number of carbonyl (C=O) groups excluding carboxylic acids is 3. The number of carbonyl (C=O) groups is 3. The number of para-hydroxylation sites is 1. The van der Waals surface area contributed by atoms with Crippen LogP contribution >= 0.6 is 0 Å². The number of hydrogen-bond acceptors (Lipinski definition) is 5. The van der Waals surface area contributed by atoms with Crippen LogP contribution in [0.25, 0.3) is 11.3 Å². The van der Waals surface area contributed by atoms with Crippen LogP contribution in [0.1, 0.15) is 85.5 Å². The Kier molecular flexibility index (Phi) is 11.0. The van der Waals surface area contributed by atoms with Gasteiger partial charge >= 0.3 is 0 Å². The molecule has 0 N–H and O–H groups in total. The van der Waals surface area contributed by atoms with Crippen LogP contribution in [-0.4, -0.2) is 79.5 Å². The van der Waals surface area contributed by atoms with E-state index in [0.717, 1.165) is 77.2 Å². The highest BCUT2D eigenvalue weighted by atomic mass is 16.2. The zero-order chi connectivity index (χ0) is 42.4. The van der Waals surface area contributed by atoms with Crippen molar-refractivity contribution in [2.24, 2.45) is 14.1 Å². The summed E-state index contributed by atoms with van der Waals surface area (Å²) in [4.78, 5) is 51.9. The van der Waals surface area contributed by atoms with Gasteiger partial charge in [-0.3, -0.25) is 24.0 Å². The molecule has 9 rings (SSSR count). The zero-order valence-electron chi connectivity index (χ0n) is 36.0. The number of nitrogens with zero attached hydrogens (tertiary/aromatic N) is 7. The Morgan fingerprint density at radius 2 is 1.51 bits per heavy atom. The van der Waals surface area contributed by atoms with Gasteiger partial charge in [0.05, 0.1) is 23.9 Å². The molecule has 3 aliphatic heterocycles. The molecule has 312 valence electrons. The molecule has 3 aliphatic rings. The Morgan fingerprint density at radius 3 is 2.26 bits per heavy atom. The van der Waals surface area contributed by atoms with Gasteiger partial charge in [0.2, 0.25) is 5.91 Å². The molecule has 10 heteroatoms. The minimum absolute atomic E-state index is 0.0131. The third kappa shape index (κ3) is 7.92. The smallest absolute Gasteiger partial charge is 0.264 e. The predicted octanol–water partition coefficient (Wildman–Crippen LogP) is 8.24. The third-order valence-corrected chi connectivity index (χ3v) is 13.4. The highest BCUT2D eigenvalue weighted by molar-refractivity contribution is 6.12. The summed E-state index contributed by atoms with van der Waals surface area (Å²) in [6.45, 7) is 7.82. The molecule has 6 aromatic rings. The number of benzene rings is 4. The molecule has 0 radical (unpaired) electrons. The van der Waals surface area contributed by atoms with Crippen LogP contribution in [0.5, 0.6) is 0 Å². The van der Waals surface area contributed by atoms with E-state index in [0.29, 0.717) is 55.2 Å². The molecule has 10 nitrogen and oxygen atoms in total. The monoisotopic (exact) mass is 813 g/mol. The Labute approximate surface area is 359 Å². The third-order valence-electron chi connectivity index (χ3n) is 13.4. The van der Waals surface area contributed by atoms with Gasteiger partial charge in [-0.1, -0.05) is 66.7 Å². The molecule has 3 amide bonds. The van der Waals surface area contributed by atoms with Crippen molar-refractivity contribution in [3.8, 4) is 11.3 Å². The fourth-order valence-electron chi connectivity index (χ4n) is 9.68. The lowest BCUT2D eigenvalue weighted by atomic mass is 9.88. The first-order valence-electron chi connectivity index (χ1n) is 21.7. The van der Waals surface area contributed by atoms with E-state index in [2.05, 4.69) is 72.5 Å². The number of amides is 3. The molecule has 0 aliphatic carbocycles. The number of aromatic nitrogens is 3. The van der Waals surface area contributed by atoms with Crippen LogP contribution in [0.4, 0.5) is 11.4 Å². The van der Waals surface area contributed by atoms with E-state index < -0.39 is 0 Å². The number of piperidine rings is 1. The fraction of sp³-hybridized carbons (Fsp3) is 0.333. The van der Waals surface area contributed by atoms with Crippen molar-refractivity contribution in [2.75, 3.05) is 31.6 Å². The molecule has 0 saturated carbocycles. The van der Waals surface area contributed by atoms with E-state index in [1.807, 2.05) is 90.1 Å². The fourth-order valence-corrected chi connectivity index (χ4v) is 9.68. The molecule has 0 unspecified atom stereocenters. The van der Waals surface area contributed by atoms with Gasteiger partial charge in [-0.05, 0) is 129 Å². The quantitative estimate of drug-likeness (QED) is 0.155. The van der Waals surface area contributed by atoms with Gasteiger partial charge < -0.3 is 19.3 Å². The molecule has 0 bridgehead atoms. The molecule has 1 atom stereocenters.